The van der Waals surface area contributed by atoms with E-state index in [1.807, 2.05) is 6.07 Å². The Kier molecular flexibility index (Phi) is 4.28. The van der Waals surface area contributed by atoms with Crippen LogP contribution >= 0.6 is 0 Å². The van der Waals surface area contributed by atoms with Crippen LogP contribution in [0.25, 0.3) is 0 Å². The van der Waals surface area contributed by atoms with Gasteiger partial charge in [-0.3, -0.25) is 4.79 Å². The summed E-state index contributed by atoms with van der Waals surface area (Å²) in [5, 5.41) is 6.17. The van der Waals surface area contributed by atoms with Crippen molar-refractivity contribution in [3.8, 4) is 0 Å². The van der Waals surface area contributed by atoms with Gasteiger partial charge in [0, 0.05) is 37.9 Å². The van der Waals surface area contributed by atoms with Gasteiger partial charge in [-0.2, -0.15) is 5.10 Å². The highest BCUT2D eigenvalue weighted by Crippen LogP contribution is 2.02. The Hall–Kier alpha value is -1.20. The van der Waals surface area contributed by atoms with Crippen molar-refractivity contribution in [2.45, 2.75) is 12.8 Å². The number of likely N-dealkylation sites (N-methyl/N-ethyl adjacent to an activating group) is 1. The highest BCUT2D eigenvalue weighted by molar-refractivity contribution is 5.05. The summed E-state index contributed by atoms with van der Waals surface area (Å²) < 4.78 is 0. The van der Waals surface area contributed by atoms with Crippen molar-refractivity contribution in [1.82, 2.24) is 20.0 Å². The molecule has 5 nitrogen and oxygen atoms in total. The number of hydrogen-bond donors (Lipinski definition) is 1. The molecule has 1 aromatic rings. The first-order valence-corrected chi connectivity index (χ1v) is 6.19. The molecular weight excluding hydrogens is 216 g/mol. The Labute approximate surface area is 101 Å². The molecule has 94 valence electrons. The van der Waals surface area contributed by atoms with Gasteiger partial charge in [0.25, 0.3) is 5.56 Å². The second-order valence-corrected chi connectivity index (χ2v) is 4.66. The molecule has 0 aliphatic carbocycles. The van der Waals surface area contributed by atoms with Crippen LogP contribution in [0.4, 0.5) is 0 Å². The fourth-order valence-corrected chi connectivity index (χ4v) is 2.13. The molecule has 1 aromatic heterocycles. The number of nitrogens with zero attached hydrogens (tertiary/aromatic N) is 3. The molecule has 0 spiro atoms. The second kappa shape index (κ2) is 5.93. The maximum Gasteiger partial charge on any atom is 0.267 e. The summed E-state index contributed by atoms with van der Waals surface area (Å²) in [6.07, 6.45) is 3.52. The number of aromatic amines is 1. The van der Waals surface area contributed by atoms with Crippen LogP contribution in [0, 0.1) is 0 Å². The van der Waals surface area contributed by atoms with Crippen LogP contribution in [0.1, 0.15) is 12.0 Å². The van der Waals surface area contributed by atoms with Crippen molar-refractivity contribution in [3.63, 3.8) is 0 Å². The SMILES string of the molecule is CN1CCN(CCCc2ccn[nH]c2=O)CC1. The smallest absolute Gasteiger partial charge is 0.267 e. The summed E-state index contributed by atoms with van der Waals surface area (Å²) in [5.41, 5.74) is 0.792. The molecule has 1 fully saturated rings. The molecule has 2 rings (SSSR count). The van der Waals surface area contributed by atoms with Gasteiger partial charge in [0.1, 0.15) is 0 Å². The fraction of sp³-hybridized carbons (Fsp3) is 0.667. The molecule has 1 saturated heterocycles. The molecule has 0 amide bonds. The number of rotatable bonds is 4. The summed E-state index contributed by atoms with van der Waals surface area (Å²) in [5.74, 6) is 0. The average Bonchev–Trinajstić information content (AvgIpc) is 2.34. The largest absolute Gasteiger partial charge is 0.304 e. The number of aryl methyl sites for hydroxylation is 1. The van der Waals surface area contributed by atoms with E-state index < -0.39 is 0 Å². The molecular formula is C12H20N4O. The van der Waals surface area contributed by atoms with Crippen LogP contribution < -0.4 is 5.56 Å². The molecule has 0 atom stereocenters. The van der Waals surface area contributed by atoms with E-state index in [0.29, 0.717) is 0 Å². The molecule has 5 heteroatoms. The van der Waals surface area contributed by atoms with Crippen LogP contribution in [0.2, 0.25) is 0 Å². The zero-order valence-corrected chi connectivity index (χ0v) is 10.4. The van der Waals surface area contributed by atoms with Gasteiger partial charge in [-0.05, 0) is 32.5 Å². The summed E-state index contributed by atoms with van der Waals surface area (Å²) in [7, 11) is 2.16. The number of nitrogens with one attached hydrogen (secondary N) is 1. The van der Waals surface area contributed by atoms with Crippen molar-refractivity contribution in [2.24, 2.45) is 0 Å². The van der Waals surface area contributed by atoms with Gasteiger partial charge in [0.2, 0.25) is 0 Å². The highest BCUT2D eigenvalue weighted by atomic mass is 16.1. The van der Waals surface area contributed by atoms with Crippen LogP contribution in [0.5, 0.6) is 0 Å². The minimum Gasteiger partial charge on any atom is -0.304 e. The summed E-state index contributed by atoms with van der Waals surface area (Å²) in [6.45, 7) is 5.66. The lowest BCUT2D eigenvalue weighted by molar-refractivity contribution is 0.153. The lowest BCUT2D eigenvalue weighted by Gasteiger charge is -2.32. The third-order valence-electron chi connectivity index (χ3n) is 3.32. The van der Waals surface area contributed by atoms with Crippen molar-refractivity contribution in [3.05, 3.63) is 28.2 Å². The molecule has 0 bridgehead atoms. The lowest BCUT2D eigenvalue weighted by Crippen LogP contribution is -2.44. The Bertz CT molecular complexity index is 395. The minimum absolute atomic E-state index is 0.0501. The predicted octanol–water partition coefficient (Wildman–Crippen LogP) is -0.0501. The second-order valence-electron chi connectivity index (χ2n) is 4.66. The Morgan fingerprint density at radius 1 is 1.35 bits per heavy atom. The first kappa shape index (κ1) is 12.3. The maximum absolute atomic E-state index is 11.4. The van der Waals surface area contributed by atoms with E-state index in [0.717, 1.165) is 51.1 Å². The monoisotopic (exact) mass is 236 g/mol. The van der Waals surface area contributed by atoms with Gasteiger partial charge < -0.3 is 9.80 Å². The zero-order chi connectivity index (χ0) is 12.1. The lowest BCUT2D eigenvalue weighted by atomic mass is 10.1. The normalized spacial score (nSPS) is 18.4. The van der Waals surface area contributed by atoms with Crippen LogP contribution in [-0.4, -0.2) is 59.8 Å². The van der Waals surface area contributed by atoms with E-state index in [4.69, 9.17) is 0 Å². The molecule has 1 aliphatic rings. The van der Waals surface area contributed by atoms with Crippen molar-refractivity contribution < 1.29 is 0 Å². The van der Waals surface area contributed by atoms with Gasteiger partial charge >= 0.3 is 0 Å². The first-order chi connectivity index (χ1) is 8.25. The Morgan fingerprint density at radius 2 is 2.12 bits per heavy atom. The van der Waals surface area contributed by atoms with Crippen molar-refractivity contribution in [1.29, 1.82) is 0 Å². The number of hydrogen-bond acceptors (Lipinski definition) is 4. The van der Waals surface area contributed by atoms with E-state index in [-0.39, 0.29) is 5.56 Å². The summed E-state index contributed by atoms with van der Waals surface area (Å²) in [6, 6.07) is 1.81. The van der Waals surface area contributed by atoms with Crippen LogP contribution in [0.3, 0.4) is 0 Å². The highest BCUT2D eigenvalue weighted by Gasteiger charge is 2.12. The van der Waals surface area contributed by atoms with E-state index in [9.17, 15) is 4.79 Å². The summed E-state index contributed by atoms with van der Waals surface area (Å²) >= 11 is 0. The molecule has 1 aliphatic heterocycles. The van der Waals surface area contributed by atoms with Crippen molar-refractivity contribution in [2.75, 3.05) is 39.8 Å². The van der Waals surface area contributed by atoms with E-state index >= 15 is 0 Å². The molecule has 0 aromatic carbocycles. The third-order valence-corrected chi connectivity index (χ3v) is 3.32. The molecule has 0 saturated carbocycles. The Morgan fingerprint density at radius 3 is 2.82 bits per heavy atom. The average molecular weight is 236 g/mol. The molecule has 0 unspecified atom stereocenters. The van der Waals surface area contributed by atoms with Crippen molar-refractivity contribution >= 4 is 0 Å². The molecule has 0 radical (unpaired) electrons. The topological polar surface area (TPSA) is 52.2 Å². The van der Waals surface area contributed by atoms with Gasteiger partial charge in [0.05, 0.1) is 0 Å². The van der Waals surface area contributed by atoms with E-state index in [1.165, 1.54) is 0 Å². The van der Waals surface area contributed by atoms with E-state index in [1.54, 1.807) is 6.20 Å². The minimum atomic E-state index is -0.0501. The molecule has 17 heavy (non-hydrogen) atoms. The number of H-pyrrole nitrogens is 1. The van der Waals surface area contributed by atoms with Gasteiger partial charge in [-0.25, -0.2) is 5.10 Å². The van der Waals surface area contributed by atoms with Gasteiger partial charge in [-0.15, -0.1) is 0 Å². The van der Waals surface area contributed by atoms with Crippen LogP contribution in [0.15, 0.2) is 17.1 Å². The quantitative estimate of drug-likeness (QED) is 0.796. The third kappa shape index (κ3) is 3.64. The number of piperazine rings is 1. The van der Waals surface area contributed by atoms with Gasteiger partial charge in [-0.1, -0.05) is 0 Å². The molecule has 2 heterocycles. The van der Waals surface area contributed by atoms with E-state index in [2.05, 4.69) is 27.0 Å². The zero-order valence-electron chi connectivity index (χ0n) is 10.4. The maximum atomic E-state index is 11.4. The predicted molar refractivity (Wildman–Crippen MR) is 67.1 cm³/mol. The summed E-state index contributed by atoms with van der Waals surface area (Å²) in [4.78, 5) is 16.2. The molecule has 1 N–H and O–H groups in total. The first-order valence-electron chi connectivity index (χ1n) is 6.19. The number of aromatic nitrogens is 2. The van der Waals surface area contributed by atoms with Gasteiger partial charge in [0.15, 0.2) is 0 Å². The fourth-order valence-electron chi connectivity index (χ4n) is 2.13. The Balaban J connectivity index is 1.73. The van der Waals surface area contributed by atoms with Crippen LogP contribution in [-0.2, 0) is 6.42 Å². The standard InChI is InChI=1S/C12H20N4O/c1-15-7-9-16(10-8-15)6-2-3-11-4-5-13-14-12(11)17/h4-5H,2-3,6-10H2,1H3,(H,14,17).